The number of hydrogen-bond donors (Lipinski definition) is 3. The van der Waals surface area contributed by atoms with E-state index in [0.717, 1.165) is 31.3 Å². The number of amides is 1. The van der Waals surface area contributed by atoms with Crippen molar-refractivity contribution in [2.75, 3.05) is 6.61 Å². The second kappa shape index (κ2) is 10.3. The third-order valence-corrected chi connectivity index (χ3v) is 10.4. The fourth-order valence-electron chi connectivity index (χ4n) is 8.15. The molecule has 0 spiro atoms. The van der Waals surface area contributed by atoms with Crippen LogP contribution in [-0.2, 0) is 23.9 Å². The molecule has 0 radical (unpaired) electrons. The normalized spacial score (nSPS) is 39.5. The summed E-state index contributed by atoms with van der Waals surface area (Å²) in [4.78, 5) is 49.5. The van der Waals surface area contributed by atoms with E-state index in [0.29, 0.717) is 19.3 Å². The van der Waals surface area contributed by atoms with Crippen LogP contribution < -0.4 is 5.32 Å². The summed E-state index contributed by atoms with van der Waals surface area (Å²) in [5.74, 6) is -1.06. The van der Waals surface area contributed by atoms with Gasteiger partial charge in [0.15, 0.2) is 12.4 Å². The van der Waals surface area contributed by atoms with Crippen LogP contribution in [-0.4, -0.2) is 58.0 Å². The molecule has 0 aromatic rings. The van der Waals surface area contributed by atoms with Crippen molar-refractivity contribution in [1.82, 2.24) is 5.32 Å². The highest BCUT2D eigenvalue weighted by Gasteiger charge is 2.68. The van der Waals surface area contributed by atoms with Gasteiger partial charge < -0.3 is 20.3 Å². The summed E-state index contributed by atoms with van der Waals surface area (Å²) in [5, 5.41) is 26.0. The second-order valence-electron chi connectivity index (χ2n) is 12.4. The zero-order valence-electron chi connectivity index (χ0n) is 22.7. The number of carbonyl (C=O) groups is 4. The molecule has 1 amide bonds. The van der Waals surface area contributed by atoms with Crippen LogP contribution in [0.1, 0.15) is 91.9 Å². The molecule has 8 heteroatoms. The van der Waals surface area contributed by atoms with Gasteiger partial charge >= 0.3 is 5.97 Å². The number of allylic oxidation sites excluding steroid dienone is 1. The largest absolute Gasteiger partial charge is 0.458 e. The molecule has 4 aliphatic carbocycles. The van der Waals surface area contributed by atoms with Crippen LogP contribution in [0.4, 0.5) is 0 Å². The van der Waals surface area contributed by atoms with Gasteiger partial charge in [-0.15, -0.1) is 0 Å². The number of aliphatic hydroxyl groups excluding tert-OH is 1. The number of nitrogens with one attached hydrogen (secondary N) is 1. The predicted molar refractivity (Wildman–Crippen MR) is 136 cm³/mol. The van der Waals surface area contributed by atoms with E-state index in [4.69, 9.17) is 4.74 Å². The van der Waals surface area contributed by atoms with Gasteiger partial charge in [-0.05, 0) is 81.1 Å². The SMILES string of the molecule is CC[C@H](C)NC(=O)CCC(=O)OCC(=O)[C@@]1(O)CC[C@H]2[C@@H]3CCC4=CC(=O)CC[C@]4(C)[C@H]3[C@H](O)C[C@@]21C. The Hall–Kier alpha value is -2.06. The number of aliphatic hydroxyl groups is 2. The van der Waals surface area contributed by atoms with Crippen LogP contribution in [0.5, 0.6) is 0 Å². The number of ether oxygens (including phenoxy) is 1. The van der Waals surface area contributed by atoms with E-state index < -0.39 is 35.5 Å². The molecule has 4 aliphatic rings. The highest BCUT2D eigenvalue weighted by atomic mass is 16.5. The van der Waals surface area contributed by atoms with Crippen molar-refractivity contribution in [3.05, 3.63) is 11.6 Å². The molecule has 0 heterocycles. The van der Waals surface area contributed by atoms with E-state index in [1.165, 1.54) is 0 Å². The summed E-state index contributed by atoms with van der Waals surface area (Å²) in [6.07, 6.45) is 5.82. The van der Waals surface area contributed by atoms with Gasteiger partial charge in [-0.3, -0.25) is 19.2 Å². The molecule has 8 nitrogen and oxygen atoms in total. The smallest absolute Gasteiger partial charge is 0.306 e. The molecular weight excluding hydrogens is 474 g/mol. The number of ketones is 2. The molecule has 0 bridgehead atoms. The highest BCUT2D eigenvalue weighted by Crippen LogP contribution is 2.67. The Morgan fingerprint density at radius 1 is 1.16 bits per heavy atom. The average molecular weight is 518 g/mol. The van der Waals surface area contributed by atoms with Gasteiger partial charge in [-0.1, -0.05) is 26.3 Å². The Balaban J connectivity index is 1.41. The minimum absolute atomic E-state index is 0.00414. The number of hydrogen-bond acceptors (Lipinski definition) is 7. The van der Waals surface area contributed by atoms with Gasteiger partial charge in [0.2, 0.25) is 11.7 Å². The van der Waals surface area contributed by atoms with E-state index in [1.54, 1.807) is 6.08 Å². The fourth-order valence-corrected chi connectivity index (χ4v) is 8.15. The third kappa shape index (κ3) is 4.80. The van der Waals surface area contributed by atoms with Gasteiger partial charge in [0.05, 0.1) is 12.5 Å². The van der Waals surface area contributed by atoms with Crippen LogP contribution in [0.25, 0.3) is 0 Å². The first-order valence-electron chi connectivity index (χ1n) is 14.0. The Labute approximate surface area is 219 Å². The van der Waals surface area contributed by atoms with Crippen molar-refractivity contribution in [1.29, 1.82) is 0 Å². The maximum absolute atomic E-state index is 13.3. The lowest BCUT2D eigenvalue weighted by Gasteiger charge is -2.60. The quantitative estimate of drug-likeness (QED) is 0.422. The Bertz CT molecular complexity index is 991. The minimum Gasteiger partial charge on any atom is -0.458 e. The zero-order valence-corrected chi connectivity index (χ0v) is 22.7. The first-order chi connectivity index (χ1) is 17.4. The lowest BCUT2D eigenvalue weighted by Crippen LogP contribution is -2.62. The van der Waals surface area contributed by atoms with Gasteiger partial charge in [0.1, 0.15) is 5.60 Å². The number of esters is 1. The minimum atomic E-state index is -1.68. The molecule has 0 unspecified atom stereocenters. The van der Waals surface area contributed by atoms with E-state index in [9.17, 15) is 29.4 Å². The van der Waals surface area contributed by atoms with Crippen LogP contribution in [0, 0.1) is 28.6 Å². The molecule has 37 heavy (non-hydrogen) atoms. The standard InChI is InChI=1S/C29H43NO7/c1-5-17(2)30-24(34)8-9-25(35)37-16-23(33)29(36)13-11-21-20-7-6-18-14-19(31)10-12-27(18,3)26(20)22(32)15-28(21,29)4/h14,17,20-22,26,32,36H,5-13,15-16H2,1-4H3,(H,30,34)/t17-,20-,21-,22+,26+,27-,28-,29-/m0/s1. The summed E-state index contributed by atoms with van der Waals surface area (Å²) in [5.41, 5.74) is -1.60. The summed E-state index contributed by atoms with van der Waals surface area (Å²) in [7, 11) is 0. The number of fused-ring (bicyclic) bond motifs is 5. The Morgan fingerprint density at radius 3 is 2.59 bits per heavy atom. The lowest BCUT2D eigenvalue weighted by atomic mass is 9.45. The van der Waals surface area contributed by atoms with E-state index in [2.05, 4.69) is 12.2 Å². The molecule has 0 saturated heterocycles. The van der Waals surface area contributed by atoms with Crippen LogP contribution in [0.15, 0.2) is 11.6 Å². The summed E-state index contributed by atoms with van der Waals surface area (Å²) >= 11 is 0. The molecule has 0 aromatic carbocycles. The molecule has 3 fully saturated rings. The molecule has 0 aromatic heterocycles. The fraction of sp³-hybridized carbons (Fsp3) is 0.793. The van der Waals surface area contributed by atoms with Crippen molar-refractivity contribution < 1.29 is 34.1 Å². The number of rotatable bonds is 8. The molecule has 3 saturated carbocycles. The molecular formula is C29H43NO7. The second-order valence-corrected chi connectivity index (χ2v) is 12.4. The monoisotopic (exact) mass is 517 g/mol. The average Bonchev–Trinajstić information content (AvgIpc) is 3.12. The first-order valence-corrected chi connectivity index (χ1v) is 14.0. The summed E-state index contributed by atoms with van der Waals surface area (Å²) in [6, 6.07) is 0.0239. The maximum Gasteiger partial charge on any atom is 0.306 e. The van der Waals surface area contributed by atoms with Gasteiger partial charge in [-0.25, -0.2) is 0 Å². The molecule has 8 atom stereocenters. The molecule has 206 valence electrons. The Kier molecular flexibility index (Phi) is 7.75. The summed E-state index contributed by atoms with van der Waals surface area (Å²) < 4.78 is 5.19. The molecule has 3 N–H and O–H groups in total. The molecule has 0 aliphatic heterocycles. The van der Waals surface area contributed by atoms with Crippen LogP contribution in [0.2, 0.25) is 0 Å². The van der Waals surface area contributed by atoms with Gasteiger partial charge in [0, 0.05) is 24.3 Å². The van der Waals surface area contributed by atoms with Gasteiger partial charge in [-0.2, -0.15) is 0 Å². The predicted octanol–water partition coefficient (Wildman–Crippen LogP) is 3.03. The van der Waals surface area contributed by atoms with E-state index >= 15 is 0 Å². The van der Waals surface area contributed by atoms with Crippen molar-refractivity contribution >= 4 is 23.4 Å². The topological polar surface area (TPSA) is 130 Å². The van der Waals surface area contributed by atoms with Crippen LogP contribution in [0.3, 0.4) is 0 Å². The highest BCUT2D eigenvalue weighted by molar-refractivity contribution is 5.92. The van der Waals surface area contributed by atoms with Crippen molar-refractivity contribution in [3.63, 3.8) is 0 Å². The van der Waals surface area contributed by atoms with Crippen LogP contribution >= 0.6 is 0 Å². The maximum atomic E-state index is 13.3. The molecule has 4 rings (SSSR count). The van der Waals surface area contributed by atoms with Crippen molar-refractivity contribution in [2.24, 2.45) is 28.6 Å². The van der Waals surface area contributed by atoms with Crippen molar-refractivity contribution in [2.45, 2.75) is 110 Å². The zero-order chi connectivity index (χ0) is 27.2. The first kappa shape index (κ1) is 28.0. The third-order valence-electron chi connectivity index (χ3n) is 10.4. The van der Waals surface area contributed by atoms with Gasteiger partial charge in [0.25, 0.3) is 0 Å². The number of Topliss-reactive ketones (excluding diaryl/α,β-unsaturated/α-hetero) is 1. The summed E-state index contributed by atoms with van der Waals surface area (Å²) in [6.45, 7) is 7.37. The lowest BCUT2D eigenvalue weighted by molar-refractivity contribution is -0.184. The number of carbonyl (C=O) groups excluding carboxylic acids is 4. The van der Waals surface area contributed by atoms with E-state index in [1.807, 2.05) is 20.8 Å². The van der Waals surface area contributed by atoms with E-state index in [-0.39, 0.29) is 60.2 Å². The van der Waals surface area contributed by atoms with Crippen molar-refractivity contribution in [3.8, 4) is 0 Å². The Morgan fingerprint density at radius 2 is 1.89 bits per heavy atom.